The van der Waals surface area contributed by atoms with Gasteiger partial charge in [-0.2, -0.15) is 0 Å². The SMILES string of the molecule is CCOC(=O)CCNC(=O)c1cnc2onc(C)c2c1. The summed E-state index contributed by atoms with van der Waals surface area (Å²) in [6.07, 6.45) is 1.55. The summed E-state index contributed by atoms with van der Waals surface area (Å²) in [6.45, 7) is 4.06. The molecule has 0 unspecified atom stereocenters. The molecule has 0 radical (unpaired) electrons. The number of rotatable bonds is 5. The first kappa shape index (κ1) is 14.0. The van der Waals surface area contributed by atoms with Crippen LogP contribution in [0.25, 0.3) is 11.1 Å². The zero-order valence-electron chi connectivity index (χ0n) is 11.3. The number of nitrogens with zero attached hydrogens (tertiary/aromatic N) is 2. The molecule has 0 aliphatic carbocycles. The van der Waals surface area contributed by atoms with Crippen LogP contribution in [0.5, 0.6) is 0 Å². The van der Waals surface area contributed by atoms with Gasteiger partial charge in [-0.3, -0.25) is 9.59 Å². The molecular formula is C13H15N3O4. The molecule has 0 fully saturated rings. The van der Waals surface area contributed by atoms with E-state index in [1.165, 1.54) is 6.20 Å². The summed E-state index contributed by atoms with van der Waals surface area (Å²) in [5.41, 5.74) is 1.46. The number of aromatic nitrogens is 2. The highest BCUT2D eigenvalue weighted by atomic mass is 16.5. The summed E-state index contributed by atoms with van der Waals surface area (Å²) in [5, 5.41) is 7.10. The number of nitrogens with one attached hydrogen (secondary N) is 1. The number of amides is 1. The third-order valence-electron chi connectivity index (χ3n) is 2.69. The Balaban J connectivity index is 1.97. The quantitative estimate of drug-likeness (QED) is 0.825. The second kappa shape index (κ2) is 6.14. The number of carbonyl (C=O) groups excluding carboxylic acids is 2. The molecule has 2 aromatic heterocycles. The minimum absolute atomic E-state index is 0.140. The summed E-state index contributed by atoms with van der Waals surface area (Å²) < 4.78 is 9.74. The Morgan fingerprint density at radius 3 is 3.00 bits per heavy atom. The predicted molar refractivity (Wildman–Crippen MR) is 70.1 cm³/mol. The first-order valence-corrected chi connectivity index (χ1v) is 6.27. The van der Waals surface area contributed by atoms with Crippen molar-refractivity contribution in [3.63, 3.8) is 0 Å². The van der Waals surface area contributed by atoms with Crippen molar-refractivity contribution in [1.29, 1.82) is 0 Å². The van der Waals surface area contributed by atoms with Crippen molar-refractivity contribution in [2.75, 3.05) is 13.2 Å². The van der Waals surface area contributed by atoms with E-state index in [4.69, 9.17) is 9.26 Å². The lowest BCUT2D eigenvalue weighted by Gasteiger charge is -2.04. The monoisotopic (exact) mass is 277 g/mol. The molecule has 0 saturated carbocycles. The van der Waals surface area contributed by atoms with Crippen LogP contribution in [-0.2, 0) is 9.53 Å². The van der Waals surface area contributed by atoms with Gasteiger partial charge in [0.25, 0.3) is 11.6 Å². The van der Waals surface area contributed by atoms with Gasteiger partial charge in [-0.05, 0) is 19.9 Å². The van der Waals surface area contributed by atoms with E-state index >= 15 is 0 Å². The molecule has 7 nitrogen and oxygen atoms in total. The van der Waals surface area contributed by atoms with Crippen molar-refractivity contribution in [1.82, 2.24) is 15.5 Å². The summed E-state index contributed by atoms with van der Waals surface area (Å²) in [5.74, 6) is -0.638. The molecule has 2 aromatic rings. The maximum absolute atomic E-state index is 11.9. The van der Waals surface area contributed by atoms with Gasteiger partial charge in [0.2, 0.25) is 0 Å². The average molecular weight is 277 g/mol. The van der Waals surface area contributed by atoms with Gasteiger partial charge in [0, 0.05) is 12.7 Å². The van der Waals surface area contributed by atoms with Crippen molar-refractivity contribution in [2.24, 2.45) is 0 Å². The Hall–Kier alpha value is -2.44. The lowest BCUT2D eigenvalue weighted by molar-refractivity contribution is -0.142. The molecule has 0 atom stereocenters. The van der Waals surface area contributed by atoms with Gasteiger partial charge in [-0.15, -0.1) is 0 Å². The van der Waals surface area contributed by atoms with Gasteiger partial charge < -0.3 is 14.6 Å². The maximum Gasteiger partial charge on any atom is 0.307 e. The molecule has 0 aromatic carbocycles. The first-order valence-electron chi connectivity index (χ1n) is 6.27. The molecule has 106 valence electrons. The van der Waals surface area contributed by atoms with Crippen LogP contribution >= 0.6 is 0 Å². The van der Waals surface area contributed by atoms with Crippen LogP contribution < -0.4 is 5.32 Å². The fraction of sp³-hybridized carbons (Fsp3) is 0.385. The number of esters is 1. The van der Waals surface area contributed by atoms with Crippen LogP contribution in [0.4, 0.5) is 0 Å². The molecule has 0 aliphatic rings. The van der Waals surface area contributed by atoms with E-state index in [-0.39, 0.29) is 24.8 Å². The fourth-order valence-electron chi connectivity index (χ4n) is 1.68. The van der Waals surface area contributed by atoms with E-state index in [0.717, 1.165) is 0 Å². The predicted octanol–water partition coefficient (Wildman–Crippen LogP) is 1.21. The highest BCUT2D eigenvalue weighted by Crippen LogP contribution is 2.16. The molecule has 7 heteroatoms. The molecular weight excluding hydrogens is 262 g/mol. The van der Waals surface area contributed by atoms with E-state index in [1.54, 1.807) is 19.9 Å². The van der Waals surface area contributed by atoms with Crippen LogP contribution in [0.15, 0.2) is 16.8 Å². The van der Waals surface area contributed by atoms with E-state index in [1.807, 2.05) is 0 Å². The Kier molecular flexibility index (Phi) is 4.29. The molecule has 0 spiro atoms. The topological polar surface area (TPSA) is 94.3 Å². The van der Waals surface area contributed by atoms with Crippen molar-refractivity contribution in [2.45, 2.75) is 20.3 Å². The van der Waals surface area contributed by atoms with Gasteiger partial charge in [0.15, 0.2) is 0 Å². The van der Waals surface area contributed by atoms with Crippen LogP contribution in [0, 0.1) is 6.92 Å². The molecule has 0 bridgehead atoms. The molecule has 20 heavy (non-hydrogen) atoms. The second-order valence-electron chi connectivity index (χ2n) is 4.16. The Morgan fingerprint density at radius 1 is 1.45 bits per heavy atom. The minimum Gasteiger partial charge on any atom is -0.466 e. The van der Waals surface area contributed by atoms with Gasteiger partial charge in [-0.25, -0.2) is 4.98 Å². The molecule has 0 aliphatic heterocycles. The average Bonchev–Trinajstić information content (AvgIpc) is 2.80. The summed E-state index contributed by atoms with van der Waals surface area (Å²) in [7, 11) is 0. The van der Waals surface area contributed by atoms with E-state index in [9.17, 15) is 9.59 Å². The van der Waals surface area contributed by atoms with Crippen LogP contribution in [0.1, 0.15) is 29.4 Å². The van der Waals surface area contributed by atoms with Crippen molar-refractivity contribution < 1.29 is 18.8 Å². The molecule has 1 N–H and O–H groups in total. The lowest BCUT2D eigenvalue weighted by Crippen LogP contribution is -2.26. The van der Waals surface area contributed by atoms with Crippen LogP contribution in [0.3, 0.4) is 0 Å². The molecule has 1 amide bonds. The highest BCUT2D eigenvalue weighted by molar-refractivity contribution is 5.97. The summed E-state index contributed by atoms with van der Waals surface area (Å²) in [4.78, 5) is 27.1. The molecule has 2 heterocycles. The maximum atomic E-state index is 11.9. The van der Waals surface area contributed by atoms with Gasteiger partial charge in [-0.1, -0.05) is 5.16 Å². The number of hydrogen-bond donors (Lipinski definition) is 1. The largest absolute Gasteiger partial charge is 0.466 e. The normalized spacial score (nSPS) is 10.5. The molecule has 0 saturated heterocycles. The smallest absolute Gasteiger partial charge is 0.307 e. The third kappa shape index (κ3) is 3.11. The van der Waals surface area contributed by atoms with Crippen molar-refractivity contribution >= 4 is 23.0 Å². The van der Waals surface area contributed by atoms with Crippen LogP contribution in [-0.4, -0.2) is 35.2 Å². The van der Waals surface area contributed by atoms with Gasteiger partial charge in [0.1, 0.15) is 0 Å². The summed E-state index contributed by atoms with van der Waals surface area (Å²) >= 11 is 0. The third-order valence-corrected chi connectivity index (χ3v) is 2.69. The first-order chi connectivity index (χ1) is 9.61. The Labute approximate surface area is 115 Å². The Bertz CT molecular complexity index is 636. The van der Waals surface area contributed by atoms with Crippen molar-refractivity contribution in [3.8, 4) is 0 Å². The standard InChI is InChI=1S/C13H15N3O4/c1-3-19-11(17)4-5-14-12(18)9-6-10-8(2)16-20-13(10)15-7-9/h6-7H,3-5H2,1-2H3,(H,14,18). The number of ether oxygens (including phenoxy) is 1. The number of fused-ring (bicyclic) bond motifs is 1. The second-order valence-corrected chi connectivity index (χ2v) is 4.16. The zero-order valence-corrected chi connectivity index (χ0v) is 11.3. The van der Waals surface area contributed by atoms with Gasteiger partial charge in [0.05, 0.1) is 29.7 Å². The summed E-state index contributed by atoms with van der Waals surface area (Å²) in [6, 6.07) is 1.66. The van der Waals surface area contributed by atoms with E-state index in [0.29, 0.717) is 29.0 Å². The zero-order chi connectivity index (χ0) is 14.5. The van der Waals surface area contributed by atoms with Crippen molar-refractivity contribution in [3.05, 3.63) is 23.5 Å². The fourth-order valence-corrected chi connectivity index (χ4v) is 1.68. The molecule has 2 rings (SSSR count). The van der Waals surface area contributed by atoms with E-state index in [2.05, 4.69) is 15.5 Å². The lowest BCUT2D eigenvalue weighted by atomic mass is 10.2. The number of pyridine rings is 1. The number of carbonyl (C=O) groups is 2. The van der Waals surface area contributed by atoms with E-state index < -0.39 is 0 Å². The van der Waals surface area contributed by atoms with Crippen LogP contribution in [0.2, 0.25) is 0 Å². The number of hydrogen-bond acceptors (Lipinski definition) is 6. The highest BCUT2D eigenvalue weighted by Gasteiger charge is 2.11. The Morgan fingerprint density at radius 2 is 2.25 bits per heavy atom. The number of aryl methyl sites for hydroxylation is 1. The van der Waals surface area contributed by atoms with Gasteiger partial charge >= 0.3 is 5.97 Å². The minimum atomic E-state index is -0.337.